The number of anilines is 1. The highest BCUT2D eigenvalue weighted by atomic mass is 35.5. The van der Waals surface area contributed by atoms with E-state index in [0.29, 0.717) is 27.4 Å². The number of rotatable bonds is 5. The number of aromatic nitrogens is 4. The Morgan fingerprint density at radius 3 is 2.81 bits per heavy atom. The molecule has 0 aliphatic carbocycles. The van der Waals surface area contributed by atoms with Crippen molar-refractivity contribution >= 4 is 40.7 Å². The minimum atomic E-state index is -0.419. The summed E-state index contributed by atoms with van der Waals surface area (Å²) in [6.07, 6.45) is 0. The Morgan fingerprint density at radius 2 is 2.08 bits per heavy atom. The van der Waals surface area contributed by atoms with Crippen LogP contribution in [0.1, 0.15) is 18.3 Å². The summed E-state index contributed by atoms with van der Waals surface area (Å²) in [4.78, 5) is 21.3. The fourth-order valence-corrected chi connectivity index (χ4v) is 3.34. The predicted octanol–water partition coefficient (Wildman–Crippen LogP) is 3.52. The van der Waals surface area contributed by atoms with E-state index in [2.05, 4.69) is 20.4 Å². The second-order valence-corrected chi connectivity index (χ2v) is 7.48. The Kier molecular flexibility index (Phi) is 5.33. The lowest BCUT2D eigenvalue weighted by atomic mass is 10.3. The number of carbonyl (C=O) groups is 1. The third-order valence-electron chi connectivity index (χ3n) is 3.67. The van der Waals surface area contributed by atoms with Gasteiger partial charge in [-0.05, 0) is 45.0 Å². The smallest absolute Gasteiger partial charge is 0.253 e. The highest BCUT2D eigenvalue weighted by molar-refractivity contribution is 8.00. The summed E-state index contributed by atoms with van der Waals surface area (Å²) < 4.78 is 6.91. The Morgan fingerprint density at radius 1 is 1.31 bits per heavy atom. The second kappa shape index (κ2) is 7.51. The van der Waals surface area contributed by atoms with Gasteiger partial charge in [-0.3, -0.25) is 4.79 Å². The van der Waals surface area contributed by atoms with Crippen molar-refractivity contribution in [2.75, 3.05) is 12.4 Å². The highest BCUT2D eigenvalue weighted by Crippen LogP contribution is 2.29. The Hall–Kier alpha value is -2.32. The van der Waals surface area contributed by atoms with Gasteiger partial charge in [-0.1, -0.05) is 23.4 Å². The van der Waals surface area contributed by atoms with Crippen molar-refractivity contribution in [3.8, 4) is 5.75 Å². The number of nitrogens with one attached hydrogen (secondary N) is 1. The summed E-state index contributed by atoms with van der Waals surface area (Å²) in [5.74, 6) is 0.866. The summed E-state index contributed by atoms with van der Waals surface area (Å²) in [5.41, 5.74) is 2.33. The van der Waals surface area contributed by atoms with E-state index in [1.807, 2.05) is 19.9 Å². The third-order valence-corrected chi connectivity index (χ3v) is 4.86. The van der Waals surface area contributed by atoms with Gasteiger partial charge in [0, 0.05) is 16.4 Å². The molecule has 7 nitrogen and oxygen atoms in total. The van der Waals surface area contributed by atoms with Crippen molar-refractivity contribution in [1.29, 1.82) is 0 Å². The lowest BCUT2D eigenvalue weighted by molar-refractivity contribution is -0.115. The summed E-state index contributed by atoms with van der Waals surface area (Å²) in [6, 6.07) is 6.98. The van der Waals surface area contributed by atoms with Crippen molar-refractivity contribution in [1.82, 2.24) is 19.6 Å². The van der Waals surface area contributed by atoms with E-state index < -0.39 is 5.25 Å². The van der Waals surface area contributed by atoms with Gasteiger partial charge in [0.05, 0.1) is 18.0 Å². The maximum absolute atomic E-state index is 12.5. The number of aryl methyl sites for hydroxylation is 2. The van der Waals surface area contributed by atoms with Gasteiger partial charge < -0.3 is 10.1 Å². The molecule has 2 heterocycles. The molecular weight excluding hydrogens is 374 g/mol. The first-order valence-electron chi connectivity index (χ1n) is 7.89. The van der Waals surface area contributed by atoms with E-state index in [-0.39, 0.29) is 5.91 Å². The van der Waals surface area contributed by atoms with E-state index in [0.717, 1.165) is 11.4 Å². The summed E-state index contributed by atoms with van der Waals surface area (Å²) in [6.45, 7) is 5.63. The molecule has 2 aromatic heterocycles. The topological polar surface area (TPSA) is 81.4 Å². The van der Waals surface area contributed by atoms with Crippen LogP contribution in [0.3, 0.4) is 0 Å². The normalized spacial score (nSPS) is 12.2. The lowest BCUT2D eigenvalue weighted by Crippen LogP contribution is -2.22. The van der Waals surface area contributed by atoms with Gasteiger partial charge in [0.15, 0.2) is 0 Å². The quantitative estimate of drug-likeness (QED) is 0.670. The van der Waals surface area contributed by atoms with Gasteiger partial charge in [0.25, 0.3) is 5.78 Å². The number of carbonyl (C=O) groups excluding carboxylic acids is 1. The van der Waals surface area contributed by atoms with E-state index in [1.165, 1.54) is 18.9 Å². The zero-order valence-corrected chi connectivity index (χ0v) is 16.4. The van der Waals surface area contributed by atoms with Crippen molar-refractivity contribution in [3.05, 3.63) is 40.7 Å². The molecule has 0 aliphatic heterocycles. The van der Waals surface area contributed by atoms with Crippen LogP contribution >= 0.6 is 23.4 Å². The zero-order valence-electron chi connectivity index (χ0n) is 14.8. The molecule has 3 aromatic rings. The number of thioether (sulfide) groups is 1. The highest BCUT2D eigenvalue weighted by Gasteiger charge is 2.19. The standard InChI is InChI=1S/C17H18ClN5O2S/c1-9-7-10(2)23-16(19-9)21-17(22-23)26-11(3)15(24)20-13-8-12(18)5-6-14(13)25-4/h5-8,11H,1-4H3,(H,20,24)/t11-/m0/s1. The minimum absolute atomic E-state index is 0.199. The molecule has 0 saturated carbocycles. The lowest BCUT2D eigenvalue weighted by Gasteiger charge is -2.13. The largest absolute Gasteiger partial charge is 0.495 e. The molecule has 3 rings (SSSR count). The average Bonchev–Trinajstić information content (AvgIpc) is 2.97. The Balaban J connectivity index is 1.75. The SMILES string of the molecule is COc1ccc(Cl)cc1NC(=O)[C@H](C)Sc1nc2nc(C)cc(C)n2n1. The zero-order chi connectivity index (χ0) is 18.8. The predicted molar refractivity (Wildman–Crippen MR) is 102 cm³/mol. The molecule has 1 aromatic carbocycles. The molecule has 9 heteroatoms. The van der Waals surface area contributed by atoms with Gasteiger partial charge in [0.2, 0.25) is 11.1 Å². The van der Waals surface area contributed by atoms with Crippen LogP contribution in [-0.2, 0) is 4.79 Å². The first-order valence-corrected chi connectivity index (χ1v) is 9.15. The fraction of sp³-hybridized carbons (Fsp3) is 0.294. The van der Waals surface area contributed by atoms with E-state index in [1.54, 1.807) is 29.6 Å². The molecule has 0 spiro atoms. The molecule has 0 unspecified atom stereocenters. The Labute approximate surface area is 160 Å². The molecule has 0 bridgehead atoms. The molecule has 1 N–H and O–H groups in total. The van der Waals surface area contributed by atoms with E-state index in [9.17, 15) is 4.79 Å². The minimum Gasteiger partial charge on any atom is -0.495 e. The number of benzene rings is 1. The summed E-state index contributed by atoms with van der Waals surface area (Å²) in [5, 5.41) is 7.83. The maximum Gasteiger partial charge on any atom is 0.253 e. The summed E-state index contributed by atoms with van der Waals surface area (Å²) >= 11 is 7.26. The number of ether oxygens (including phenoxy) is 1. The molecular formula is C17H18ClN5O2S. The van der Waals surface area contributed by atoms with Crippen molar-refractivity contribution in [2.45, 2.75) is 31.2 Å². The van der Waals surface area contributed by atoms with Gasteiger partial charge >= 0.3 is 0 Å². The van der Waals surface area contributed by atoms with Crippen LogP contribution in [0, 0.1) is 13.8 Å². The van der Waals surface area contributed by atoms with E-state index in [4.69, 9.17) is 16.3 Å². The molecule has 0 fully saturated rings. The number of amides is 1. The number of halogens is 1. The van der Waals surface area contributed by atoms with Crippen LogP contribution in [-0.4, -0.2) is 37.8 Å². The monoisotopic (exact) mass is 391 g/mol. The molecule has 136 valence electrons. The van der Waals surface area contributed by atoms with Crippen LogP contribution in [0.5, 0.6) is 5.75 Å². The van der Waals surface area contributed by atoms with Crippen LogP contribution in [0.15, 0.2) is 29.4 Å². The number of methoxy groups -OCH3 is 1. The molecule has 1 atom stereocenters. The fourth-order valence-electron chi connectivity index (χ4n) is 2.42. The molecule has 0 saturated heterocycles. The Bertz CT molecular complexity index is 975. The number of nitrogens with zero attached hydrogens (tertiary/aromatic N) is 4. The van der Waals surface area contributed by atoms with Gasteiger partial charge in [-0.2, -0.15) is 4.98 Å². The number of fused-ring (bicyclic) bond motifs is 1. The average molecular weight is 392 g/mol. The van der Waals surface area contributed by atoms with Crippen LogP contribution in [0.2, 0.25) is 5.02 Å². The van der Waals surface area contributed by atoms with Crippen molar-refractivity contribution < 1.29 is 9.53 Å². The number of hydrogen-bond acceptors (Lipinski definition) is 6. The van der Waals surface area contributed by atoms with Crippen LogP contribution < -0.4 is 10.1 Å². The molecule has 0 aliphatic rings. The number of hydrogen-bond donors (Lipinski definition) is 1. The summed E-state index contributed by atoms with van der Waals surface area (Å²) in [7, 11) is 1.54. The van der Waals surface area contributed by atoms with E-state index >= 15 is 0 Å². The molecule has 0 radical (unpaired) electrons. The van der Waals surface area contributed by atoms with Crippen molar-refractivity contribution in [2.24, 2.45) is 0 Å². The van der Waals surface area contributed by atoms with Gasteiger partial charge in [-0.15, -0.1) is 5.10 Å². The first kappa shape index (κ1) is 18.5. The van der Waals surface area contributed by atoms with Gasteiger partial charge in [-0.25, -0.2) is 9.50 Å². The van der Waals surface area contributed by atoms with Crippen molar-refractivity contribution in [3.63, 3.8) is 0 Å². The first-order chi connectivity index (χ1) is 12.4. The molecule has 26 heavy (non-hydrogen) atoms. The van der Waals surface area contributed by atoms with Crippen LogP contribution in [0.25, 0.3) is 5.78 Å². The third kappa shape index (κ3) is 3.91. The molecule has 1 amide bonds. The van der Waals surface area contributed by atoms with Crippen LogP contribution in [0.4, 0.5) is 5.69 Å². The second-order valence-electron chi connectivity index (χ2n) is 5.74. The van der Waals surface area contributed by atoms with Gasteiger partial charge in [0.1, 0.15) is 5.75 Å². The maximum atomic E-state index is 12.5.